The Morgan fingerprint density at radius 2 is 1.72 bits per heavy atom. The first kappa shape index (κ1) is 23.6. The predicted molar refractivity (Wildman–Crippen MR) is 97.3 cm³/mol. The van der Waals surface area contributed by atoms with Crippen molar-refractivity contribution in [3.05, 3.63) is 18.2 Å². The largest absolute Gasteiger partial charge is 0.481 e. The van der Waals surface area contributed by atoms with Gasteiger partial charge in [0.2, 0.25) is 17.7 Å². The van der Waals surface area contributed by atoms with Crippen molar-refractivity contribution < 1.29 is 34.2 Å². The van der Waals surface area contributed by atoms with Crippen molar-refractivity contribution in [2.45, 2.75) is 44.3 Å². The second kappa shape index (κ2) is 11.4. The van der Waals surface area contributed by atoms with Gasteiger partial charge in [-0.05, 0) is 13.3 Å². The molecule has 160 valence electrons. The number of aromatic nitrogens is 2. The van der Waals surface area contributed by atoms with Gasteiger partial charge in [0.15, 0.2) is 0 Å². The smallest absolute Gasteiger partial charge is 0.322 e. The van der Waals surface area contributed by atoms with Gasteiger partial charge in [-0.1, -0.05) is 0 Å². The lowest BCUT2D eigenvalue weighted by Crippen LogP contribution is -2.56. The van der Waals surface area contributed by atoms with E-state index in [1.54, 1.807) is 0 Å². The number of aromatic amines is 1. The number of rotatable bonds is 12. The Labute approximate surface area is 165 Å². The molecule has 0 aliphatic heterocycles. The molecule has 1 heterocycles. The van der Waals surface area contributed by atoms with Crippen molar-refractivity contribution in [2.24, 2.45) is 5.73 Å². The SMILES string of the molecule is CC(N)C(=O)NC(Cc1cnc[nH]1)C(=O)NC(CCC(=O)O)C(=O)NCC(=O)O. The molecule has 3 unspecified atom stereocenters. The van der Waals surface area contributed by atoms with Crippen LogP contribution in [0.3, 0.4) is 0 Å². The fourth-order valence-corrected chi connectivity index (χ4v) is 2.22. The van der Waals surface area contributed by atoms with Crippen LogP contribution in [-0.2, 0) is 30.4 Å². The summed E-state index contributed by atoms with van der Waals surface area (Å²) in [5.41, 5.74) is 6.03. The summed E-state index contributed by atoms with van der Waals surface area (Å²) in [6.07, 6.45) is 2.12. The van der Waals surface area contributed by atoms with E-state index < -0.39 is 60.8 Å². The number of carbonyl (C=O) groups excluding carboxylic acids is 3. The van der Waals surface area contributed by atoms with Crippen LogP contribution in [0.5, 0.6) is 0 Å². The maximum absolute atomic E-state index is 12.7. The number of nitrogens with zero attached hydrogens (tertiary/aromatic N) is 1. The molecule has 0 saturated heterocycles. The highest BCUT2D eigenvalue weighted by molar-refractivity contribution is 5.93. The van der Waals surface area contributed by atoms with Gasteiger partial charge in [-0.3, -0.25) is 24.0 Å². The minimum Gasteiger partial charge on any atom is -0.481 e. The molecule has 8 N–H and O–H groups in total. The summed E-state index contributed by atoms with van der Waals surface area (Å²) in [5, 5.41) is 24.4. The molecular formula is C16H24N6O7. The summed E-state index contributed by atoms with van der Waals surface area (Å²) < 4.78 is 0. The first-order valence-electron chi connectivity index (χ1n) is 8.65. The first-order chi connectivity index (χ1) is 13.6. The molecule has 13 nitrogen and oxygen atoms in total. The van der Waals surface area contributed by atoms with Crippen LogP contribution in [-0.4, -0.2) is 74.5 Å². The third kappa shape index (κ3) is 8.83. The fourth-order valence-electron chi connectivity index (χ4n) is 2.22. The average molecular weight is 412 g/mol. The van der Waals surface area contributed by atoms with E-state index in [9.17, 15) is 24.0 Å². The molecule has 0 spiro atoms. The zero-order valence-electron chi connectivity index (χ0n) is 15.7. The molecule has 1 aromatic heterocycles. The molecule has 0 bridgehead atoms. The quantitative estimate of drug-likeness (QED) is 0.190. The van der Waals surface area contributed by atoms with E-state index in [1.165, 1.54) is 19.4 Å². The number of carbonyl (C=O) groups is 5. The number of hydrogen-bond acceptors (Lipinski definition) is 7. The van der Waals surface area contributed by atoms with Crippen molar-refractivity contribution in [2.75, 3.05) is 6.54 Å². The lowest BCUT2D eigenvalue weighted by molar-refractivity contribution is -0.140. The van der Waals surface area contributed by atoms with Crippen molar-refractivity contribution in [1.82, 2.24) is 25.9 Å². The zero-order chi connectivity index (χ0) is 22.0. The number of aliphatic carboxylic acids is 2. The highest BCUT2D eigenvalue weighted by atomic mass is 16.4. The monoisotopic (exact) mass is 412 g/mol. The summed E-state index contributed by atoms with van der Waals surface area (Å²) in [4.78, 5) is 64.8. The summed E-state index contributed by atoms with van der Waals surface area (Å²) >= 11 is 0. The van der Waals surface area contributed by atoms with Crippen LogP contribution in [0.15, 0.2) is 12.5 Å². The molecule has 1 aromatic rings. The van der Waals surface area contributed by atoms with E-state index >= 15 is 0 Å². The van der Waals surface area contributed by atoms with Crippen molar-refractivity contribution in [1.29, 1.82) is 0 Å². The van der Waals surface area contributed by atoms with Crippen LogP contribution < -0.4 is 21.7 Å². The zero-order valence-corrected chi connectivity index (χ0v) is 15.7. The van der Waals surface area contributed by atoms with Gasteiger partial charge >= 0.3 is 11.9 Å². The molecule has 0 aromatic carbocycles. The van der Waals surface area contributed by atoms with Gasteiger partial charge in [-0.25, -0.2) is 4.98 Å². The van der Waals surface area contributed by atoms with Gasteiger partial charge in [-0.2, -0.15) is 0 Å². The number of nitrogens with one attached hydrogen (secondary N) is 4. The molecule has 0 radical (unpaired) electrons. The molecule has 29 heavy (non-hydrogen) atoms. The number of hydrogen-bond donors (Lipinski definition) is 7. The van der Waals surface area contributed by atoms with Crippen LogP contribution >= 0.6 is 0 Å². The maximum atomic E-state index is 12.7. The molecule has 3 amide bonds. The standard InChI is InChI=1S/C16H24N6O7/c1-8(17)14(27)22-11(4-9-5-18-7-20-9)16(29)21-10(2-3-12(23)24)15(28)19-6-13(25)26/h5,7-8,10-11H,2-4,6,17H2,1H3,(H,18,20)(H,19,28)(H,21,29)(H,22,27)(H,23,24)(H,25,26). The maximum Gasteiger partial charge on any atom is 0.322 e. The highest BCUT2D eigenvalue weighted by Gasteiger charge is 2.28. The Kier molecular flexibility index (Phi) is 9.25. The molecule has 0 aliphatic carbocycles. The van der Waals surface area contributed by atoms with E-state index in [4.69, 9.17) is 15.9 Å². The number of H-pyrrole nitrogens is 1. The predicted octanol–water partition coefficient (Wildman–Crippen LogP) is -2.67. The van der Waals surface area contributed by atoms with Crippen LogP contribution in [0, 0.1) is 0 Å². The van der Waals surface area contributed by atoms with Gasteiger partial charge in [0.05, 0.1) is 12.4 Å². The Morgan fingerprint density at radius 1 is 1.07 bits per heavy atom. The Hall–Kier alpha value is -3.48. The molecular weight excluding hydrogens is 388 g/mol. The van der Waals surface area contributed by atoms with Crippen LogP contribution in [0.25, 0.3) is 0 Å². The topological polar surface area (TPSA) is 217 Å². The van der Waals surface area contributed by atoms with Crippen molar-refractivity contribution >= 4 is 29.7 Å². The van der Waals surface area contributed by atoms with E-state index in [0.717, 1.165) is 0 Å². The fraction of sp³-hybridized carbons (Fsp3) is 0.500. The third-order valence-corrected chi connectivity index (χ3v) is 3.72. The minimum absolute atomic E-state index is 0.00664. The van der Waals surface area contributed by atoms with Gasteiger partial charge in [0.1, 0.15) is 18.6 Å². The number of carboxylic acids is 2. The first-order valence-corrected chi connectivity index (χ1v) is 8.65. The number of carboxylic acid groups (broad SMARTS) is 2. The van der Waals surface area contributed by atoms with Gasteiger partial charge in [0, 0.05) is 24.7 Å². The second-order valence-corrected chi connectivity index (χ2v) is 6.24. The van der Waals surface area contributed by atoms with Crippen LogP contribution in [0.4, 0.5) is 0 Å². The second-order valence-electron chi connectivity index (χ2n) is 6.24. The van der Waals surface area contributed by atoms with Gasteiger partial charge in [-0.15, -0.1) is 0 Å². The number of imidazole rings is 1. The molecule has 0 fully saturated rings. The molecule has 13 heteroatoms. The van der Waals surface area contributed by atoms with E-state index in [0.29, 0.717) is 5.69 Å². The van der Waals surface area contributed by atoms with Gasteiger partial charge in [0.25, 0.3) is 0 Å². The normalized spacial score (nSPS) is 13.6. The molecule has 0 saturated carbocycles. The molecule has 0 aliphatic rings. The Morgan fingerprint density at radius 3 is 2.24 bits per heavy atom. The van der Waals surface area contributed by atoms with Crippen molar-refractivity contribution in [3.8, 4) is 0 Å². The lowest BCUT2D eigenvalue weighted by Gasteiger charge is -2.23. The molecule has 3 atom stereocenters. The van der Waals surface area contributed by atoms with E-state index in [2.05, 4.69) is 25.9 Å². The number of nitrogens with two attached hydrogens (primary N) is 1. The summed E-state index contributed by atoms with van der Waals surface area (Å²) in [6, 6.07) is -3.34. The third-order valence-electron chi connectivity index (χ3n) is 3.72. The summed E-state index contributed by atoms with van der Waals surface area (Å²) in [6.45, 7) is 0.729. The highest BCUT2D eigenvalue weighted by Crippen LogP contribution is 2.03. The Bertz CT molecular complexity index is 734. The van der Waals surface area contributed by atoms with Crippen molar-refractivity contribution in [3.63, 3.8) is 0 Å². The van der Waals surface area contributed by atoms with Gasteiger partial charge < -0.3 is 36.9 Å². The number of amides is 3. The summed E-state index contributed by atoms with van der Waals surface area (Å²) in [5.74, 6) is -4.74. The Balaban J connectivity index is 2.92. The van der Waals surface area contributed by atoms with E-state index in [-0.39, 0.29) is 12.8 Å². The minimum atomic E-state index is -1.31. The lowest BCUT2D eigenvalue weighted by atomic mass is 10.1. The summed E-state index contributed by atoms with van der Waals surface area (Å²) in [7, 11) is 0. The average Bonchev–Trinajstić information content (AvgIpc) is 3.15. The molecule has 1 rings (SSSR count). The van der Waals surface area contributed by atoms with Crippen LogP contribution in [0.1, 0.15) is 25.5 Å². The van der Waals surface area contributed by atoms with E-state index in [1.807, 2.05) is 0 Å². The van der Waals surface area contributed by atoms with Crippen LogP contribution in [0.2, 0.25) is 0 Å².